The van der Waals surface area contributed by atoms with Crippen molar-refractivity contribution in [3.05, 3.63) is 0 Å². The summed E-state index contributed by atoms with van der Waals surface area (Å²) in [6, 6.07) is 0.300. The summed E-state index contributed by atoms with van der Waals surface area (Å²) < 4.78 is 0. The van der Waals surface area contributed by atoms with E-state index in [4.69, 9.17) is 5.11 Å². The molecule has 0 radical (unpaired) electrons. The van der Waals surface area contributed by atoms with Gasteiger partial charge in [0.2, 0.25) is 5.91 Å². The van der Waals surface area contributed by atoms with Crippen LogP contribution in [0.25, 0.3) is 0 Å². The zero-order valence-corrected chi connectivity index (χ0v) is 10.4. The molecule has 0 aromatic carbocycles. The van der Waals surface area contributed by atoms with Gasteiger partial charge >= 0.3 is 5.97 Å². The van der Waals surface area contributed by atoms with E-state index in [9.17, 15) is 9.59 Å². The fraction of sp³-hybridized carbons (Fsp3) is 0.818. The Labute approximate surface area is 100 Å². The zero-order chi connectivity index (χ0) is 12.0. The van der Waals surface area contributed by atoms with E-state index < -0.39 is 5.97 Å². The van der Waals surface area contributed by atoms with Gasteiger partial charge in [0.25, 0.3) is 0 Å². The third-order valence-electron chi connectivity index (χ3n) is 2.78. The van der Waals surface area contributed by atoms with E-state index in [0.29, 0.717) is 6.04 Å². The van der Waals surface area contributed by atoms with Crippen LogP contribution < -0.4 is 5.32 Å². The van der Waals surface area contributed by atoms with Gasteiger partial charge in [0.15, 0.2) is 0 Å². The van der Waals surface area contributed by atoms with Gasteiger partial charge in [-0.2, -0.15) is 0 Å². The molecule has 0 bridgehead atoms. The number of amides is 1. The second-order valence-corrected chi connectivity index (χ2v) is 5.52. The smallest absolute Gasteiger partial charge is 0.313 e. The van der Waals surface area contributed by atoms with Crippen molar-refractivity contribution < 1.29 is 14.7 Å². The van der Waals surface area contributed by atoms with Crippen molar-refractivity contribution >= 4 is 23.6 Å². The number of carbonyl (C=O) groups excluding carboxylic acids is 1. The van der Waals surface area contributed by atoms with E-state index in [1.807, 2.05) is 0 Å². The van der Waals surface area contributed by atoms with Crippen LogP contribution in [0.5, 0.6) is 0 Å². The quantitative estimate of drug-likeness (QED) is 0.772. The number of hydrogen-bond acceptors (Lipinski definition) is 3. The molecule has 0 aromatic heterocycles. The van der Waals surface area contributed by atoms with E-state index in [1.54, 1.807) is 6.92 Å². The second-order valence-electron chi connectivity index (χ2n) is 4.19. The Morgan fingerprint density at radius 1 is 1.38 bits per heavy atom. The average Bonchev–Trinajstić information content (AvgIpc) is 2.27. The summed E-state index contributed by atoms with van der Waals surface area (Å²) in [6.45, 7) is 1.76. The van der Waals surface area contributed by atoms with Crippen molar-refractivity contribution in [3.63, 3.8) is 0 Å². The first-order valence-corrected chi connectivity index (χ1v) is 6.78. The van der Waals surface area contributed by atoms with Gasteiger partial charge in [-0.25, -0.2) is 0 Å². The number of carbonyl (C=O) groups is 2. The lowest BCUT2D eigenvalue weighted by Crippen LogP contribution is -2.40. The summed E-state index contributed by atoms with van der Waals surface area (Å²) in [5, 5.41) is 11.2. The minimum atomic E-state index is -0.873. The molecule has 4 nitrogen and oxygen atoms in total. The summed E-state index contributed by atoms with van der Waals surface area (Å²) in [6.07, 6.45) is 5.74. The monoisotopic (exact) mass is 245 g/mol. The van der Waals surface area contributed by atoms with Gasteiger partial charge in [0, 0.05) is 6.04 Å². The molecule has 5 heteroatoms. The Hall–Kier alpha value is -0.710. The molecule has 0 saturated heterocycles. The minimum absolute atomic E-state index is 0.0146. The summed E-state index contributed by atoms with van der Waals surface area (Å²) >= 11 is 1.17. The first-order valence-electron chi connectivity index (χ1n) is 5.73. The fourth-order valence-electron chi connectivity index (χ4n) is 1.84. The van der Waals surface area contributed by atoms with Crippen molar-refractivity contribution in [2.24, 2.45) is 0 Å². The highest BCUT2D eigenvalue weighted by Crippen LogP contribution is 2.18. The predicted octanol–water partition coefficient (Wildman–Crippen LogP) is 1.64. The number of rotatable bonds is 5. The summed E-state index contributed by atoms with van der Waals surface area (Å²) in [5.41, 5.74) is 0. The number of aliphatic carboxylic acids is 1. The van der Waals surface area contributed by atoms with E-state index in [1.165, 1.54) is 31.0 Å². The average molecular weight is 245 g/mol. The normalized spacial score (nSPS) is 19.1. The molecule has 0 aliphatic heterocycles. The highest BCUT2D eigenvalue weighted by Gasteiger charge is 2.20. The summed E-state index contributed by atoms with van der Waals surface area (Å²) in [5.74, 6) is -0.917. The van der Waals surface area contributed by atoms with Crippen LogP contribution in [0.1, 0.15) is 39.0 Å². The second kappa shape index (κ2) is 6.78. The van der Waals surface area contributed by atoms with Gasteiger partial charge in [-0.15, -0.1) is 11.8 Å². The van der Waals surface area contributed by atoms with Crippen LogP contribution in [0, 0.1) is 0 Å². The third kappa shape index (κ3) is 4.88. The van der Waals surface area contributed by atoms with Crippen LogP contribution in [0.3, 0.4) is 0 Å². The Balaban J connectivity index is 2.24. The molecule has 16 heavy (non-hydrogen) atoms. The topological polar surface area (TPSA) is 66.4 Å². The minimum Gasteiger partial charge on any atom is -0.481 e. The highest BCUT2D eigenvalue weighted by molar-refractivity contribution is 8.01. The van der Waals surface area contributed by atoms with E-state index in [0.717, 1.165) is 12.8 Å². The first-order chi connectivity index (χ1) is 7.59. The molecule has 92 valence electrons. The van der Waals surface area contributed by atoms with Crippen LogP contribution in [0.4, 0.5) is 0 Å². The van der Waals surface area contributed by atoms with Crippen LogP contribution in [-0.4, -0.2) is 34.0 Å². The van der Waals surface area contributed by atoms with Crippen molar-refractivity contribution in [2.75, 3.05) is 5.75 Å². The molecular formula is C11H19NO3S. The molecule has 1 rings (SSSR count). The van der Waals surface area contributed by atoms with Crippen molar-refractivity contribution in [3.8, 4) is 0 Å². The van der Waals surface area contributed by atoms with Crippen molar-refractivity contribution in [1.82, 2.24) is 5.32 Å². The molecule has 2 N–H and O–H groups in total. The van der Waals surface area contributed by atoms with Gasteiger partial charge < -0.3 is 10.4 Å². The molecule has 1 aliphatic carbocycles. The molecule has 1 amide bonds. The molecule has 0 unspecified atom stereocenters. The summed E-state index contributed by atoms with van der Waals surface area (Å²) in [4.78, 5) is 22.1. The fourth-order valence-corrected chi connectivity index (χ4v) is 2.45. The van der Waals surface area contributed by atoms with Crippen LogP contribution in [-0.2, 0) is 9.59 Å². The lowest BCUT2D eigenvalue weighted by Gasteiger charge is -2.24. The number of carboxylic acid groups (broad SMARTS) is 1. The maximum atomic E-state index is 11.7. The highest BCUT2D eigenvalue weighted by atomic mass is 32.2. The Bertz CT molecular complexity index is 252. The molecule has 0 heterocycles. The van der Waals surface area contributed by atoms with E-state index in [-0.39, 0.29) is 16.9 Å². The number of nitrogens with one attached hydrogen (secondary N) is 1. The van der Waals surface area contributed by atoms with Crippen molar-refractivity contribution in [1.29, 1.82) is 0 Å². The van der Waals surface area contributed by atoms with Gasteiger partial charge in [0.05, 0.1) is 11.0 Å². The molecule has 0 aromatic rings. The molecule has 1 atom stereocenters. The van der Waals surface area contributed by atoms with Gasteiger partial charge in [-0.05, 0) is 19.8 Å². The van der Waals surface area contributed by atoms with Gasteiger partial charge in [-0.1, -0.05) is 19.3 Å². The van der Waals surface area contributed by atoms with Gasteiger partial charge in [0.1, 0.15) is 0 Å². The maximum Gasteiger partial charge on any atom is 0.313 e. The van der Waals surface area contributed by atoms with Gasteiger partial charge in [-0.3, -0.25) is 9.59 Å². The van der Waals surface area contributed by atoms with Crippen LogP contribution >= 0.6 is 11.8 Å². The molecular weight excluding hydrogens is 226 g/mol. The lowest BCUT2D eigenvalue weighted by atomic mass is 9.95. The molecule has 0 spiro atoms. The van der Waals surface area contributed by atoms with E-state index in [2.05, 4.69) is 5.32 Å². The number of hydrogen-bond donors (Lipinski definition) is 2. The van der Waals surface area contributed by atoms with Crippen LogP contribution in [0.2, 0.25) is 0 Å². The maximum absolute atomic E-state index is 11.7. The zero-order valence-electron chi connectivity index (χ0n) is 9.57. The lowest BCUT2D eigenvalue weighted by molar-refractivity contribution is -0.133. The predicted molar refractivity (Wildman–Crippen MR) is 64.6 cm³/mol. The van der Waals surface area contributed by atoms with Crippen molar-refractivity contribution in [2.45, 2.75) is 50.3 Å². The number of thioether (sulfide) groups is 1. The standard InChI is InChI=1S/C11H19NO3S/c1-8(16-7-10(13)14)11(15)12-9-5-3-2-4-6-9/h8-9H,2-7H2,1H3,(H,12,15)(H,13,14)/t8-/m1/s1. The Morgan fingerprint density at radius 3 is 2.56 bits per heavy atom. The third-order valence-corrected chi connectivity index (χ3v) is 3.91. The Morgan fingerprint density at radius 2 is 2.00 bits per heavy atom. The van der Waals surface area contributed by atoms with E-state index >= 15 is 0 Å². The number of carboxylic acids is 1. The molecule has 1 aliphatic rings. The largest absolute Gasteiger partial charge is 0.481 e. The van der Waals surface area contributed by atoms with Crippen LogP contribution in [0.15, 0.2) is 0 Å². The SMILES string of the molecule is C[C@@H](SCC(=O)O)C(=O)NC1CCCCC1. The summed E-state index contributed by atoms with van der Waals surface area (Å²) in [7, 11) is 0. The Kier molecular flexibility index (Phi) is 5.66. The first kappa shape index (κ1) is 13.4. The molecule has 1 saturated carbocycles. The molecule has 1 fully saturated rings.